The maximum absolute atomic E-state index is 12.0. The maximum atomic E-state index is 12.0. The summed E-state index contributed by atoms with van der Waals surface area (Å²) in [6, 6.07) is 8.13. The van der Waals surface area contributed by atoms with Crippen LogP contribution in [0.5, 0.6) is 0 Å². The Morgan fingerprint density at radius 1 is 1.42 bits per heavy atom. The molecule has 1 aliphatic heterocycles. The van der Waals surface area contributed by atoms with Crippen LogP contribution in [0.25, 0.3) is 0 Å². The lowest BCUT2D eigenvalue weighted by Crippen LogP contribution is -2.40. The summed E-state index contributed by atoms with van der Waals surface area (Å²) in [5, 5.41) is 3.22. The number of amides is 1. The van der Waals surface area contributed by atoms with Crippen LogP contribution in [-0.4, -0.2) is 39.6 Å². The first-order valence-electron chi connectivity index (χ1n) is 6.40. The Bertz CT molecular complexity index is 487. The van der Waals surface area contributed by atoms with E-state index in [1.54, 1.807) is 6.26 Å². The number of carbonyl (C=O) groups is 1. The maximum Gasteiger partial charge on any atom is 0.238 e. The number of hydrogen-bond acceptors (Lipinski definition) is 3. The molecular formula is C14H20N2O2S. The summed E-state index contributed by atoms with van der Waals surface area (Å²) in [7, 11) is -0.903. The van der Waals surface area contributed by atoms with Gasteiger partial charge in [0.15, 0.2) is 0 Å². The van der Waals surface area contributed by atoms with Gasteiger partial charge in [0.25, 0.3) is 0 Å². The third kappa shape index (κ3) is 3.22. The first kappa shape index (κ1) is 14.2. The van der Waals surface area contributed by atoms with Gasteiger partial charge in [-0.1, -0.05) is 29.8 Å². The molecule has 1 aromatic carbocycles. The van der Waals surface area contributed by atoms with Gasteiger partial charge in [0, 0.05) is 28.9 Å². The Morgan fingerprint density at radius 2 is 2.05 bits per heavy atom. The molecule has 104 valence electrons. The third-order valence-corrected chi connectivity index (χ3v) is 4.31. The minimum atomic E-state index is -0.903. The van der Waals surface area contributed by atoms with E-state index >= 15 is 0 Å². The normalized spacial score (nSPS) is 22.6. The summed E-state index contributed by atoms with van der Waals surface area (Å²) in [5.41, 5.74) is 2.27. The molecule has 4 nitrogen and oxygen atoms in total. The fourth-order valence-corrected chi connectivity index (χ4v) is 3.31. The van der Waals surface area contributed by atoms with E-state index in [1.165, 1.54) is 5.56 Å². The van der Waals surface area contributed by atoms with E-state index in [4.69, 9.17) is 0 Å². The van der Waals surface area contributed by atoms with Crippen LogP contribution in [0, 0.1) is 6.92 Å². The number of benzene rings is 1. The summed E-state index contributed by atoms with van der Waals surface area (Å²) < 4.78 is 11.4. The van der Waals surface area contributed by atoms with Gasteiger partial charge in [-0.2, -0.15) is 0 Å². The fourth-order valence-electron chi connectivity index (χ4n) is 2.47. The summed E-state index contributed by atoms with van der Waals surface area (Å²) in [4.78, 5) is 13.8. The van der Waals surface area contributed by atoms with Crippen LogP contribution in [0.1, 0.15) is 24.2 Å². The molecule has 0 aliphatic carbocycles. The number of rotatable bonds is 4. The summed E-state index contributed by atoms with van der Waals surface area (Å²) in [6.07, 6.45) is 1.57. The number of nitrogens with one attached hydrogen (secondary N) is 1. The Labute approximate surface area is 116 Å². The average molecular weight is 280 g/mol. The smallest absolute Gasteiger partial charge is 0.238 e. The fraction of sp³-hybridized carbons (Fsp3) is 0.500. The Hall–Kier alpha value is -1.20. The number of aryl methyl sites for hydroxylation is 1. The standard InChI is InChI=1S/C14H20N2O2S/c1-10-4-6-12(7-5-10)14-15-8-13(17)16(14)11(2)9-19(3)18/h4-7,11,14-15H,8-9H2,1-3H3. The second-order valence-corrected chi connectivity index (χ2v) is 6.56. The lowest BCUT2D eigenvalue weighted by atomic mass is 10.1. The molecule has 0 bridgehead atoms. The van der Waals surface area contributed by atoms with Gasteiger partial charge in [0.1, 0.15) is 6.17 Å². The summed E-state index contributed by atoms with van der Waals surface area (Å²) in [6.45, 7) is 4.34. The molecule has 0 spiro atoms. The Morgan fingerprint density at radius 3 is 2.63 bits per heavy atom. The first-order valence-corrected chi connectivity index (χ1v) is 8.13. The second-order valence-electron chi connectivity index (χ2n) is 5.08. The predicted molar refractivity (Wildman–Crippen MR) is 77.2 cm³/mol. The van der Waals surface area contributed by atoms with Crippen LogP contribution >= 0.6 is 0 Å². The van der Waals surface area contributed by atoms with E-state index in [-0.39, 0.29) is 18.1 Å². The molecule has 1 heterocycles. The van der Waals surface area contributed by atoms with Crippen molar-refractivity contribution in [2.24, 2.45) is 0 Å². The highest BCUT2D eigenvalue weighted by Gasteiger charge is 2.35. The number of hydrogen-bond donors (Lipinski definition) is 1. The van der Waals surface area contributed by atoms with Crippen LogP contribution in [0.15, 0.2) is 24.3 Å². The molecule has 1 aliphatic rings. The number of carbonyl (C=O) groups excluding carboxylic acids is 1. The molecule has 0 saturated carbocycles. The van der Waals surface area contributed by atoms with Crippen LogP contribution < -0.4 is 5.32 Å². The topological polar surface area (TPSA) is 49.4 Å². The highest BCUT2D eigenvalue weighted by molar-refractivity contribution is 7.84. The largest absolute Gasteiger partial charge is 0.318 e. The molecule has 3 atom stereocenters. The zero-order valence-corrected chi connectivity index (χ0v) is 12.4. The van der Waals surface area contributed by atoms with Crippen molar-refractivity contribution >= 4 is 16.7 Å². The van der Waals surface area contributed by atoms with Crippen LogP contribution in [-0.2, 0) is 15.6 Å². The van der Waals surface area contributed by atoms with E-state index in [1.807, 2.05) is 43.0 Å². The van der Waals surface area contributed by atoms with Crippen molar-refractivity contribution in [3.05, 3.63) is 35.4 Å². The number of nitrogens with zero attached hydrogens (tertiary/aromatic N) is 1. The van der Waals surface area contributed by atoms with Gasteiger partial charge in [-0.05, 0) is 19.4 Å². The Balaban J connectivity index is 2.21. The van der Waals surface area contributed by atoms with Crippen molar-refractivity contribution in [1.29, 1.82) is 0 Å². The molecule has 1 N–H and O–H groups in total. The second kappa shape index (κ2) is 5.84. The third-order valence-electron chi connectivity index (χ3n) is 3.36. The minimum Gasteiger partial charge on any atom is -0.318 e. The Kier molecular flexibility index (Phi) is 4.37. The summed E-state index contributed by atoms with van der Waals surface area (Å²) >= 11 is 0. The quantitative estimate of drug-likeness (QED) is 0.901. The molecule has 2 rings (SSSR count). The van der Waals surface area contributed by atoms with Crippen molar-refractivity contribution in [2.45, 2.75) is 26.1 Å². The van der Waals surface area contributed by atoms with Crippen molar-refractivity contribution < 1.29 is 9.00 Å². The van der Waals surface area contributed by atoms with Gasteiger partial charge in [-0.15, -0.1) is 0 Å². The van der Waals surface area contributed by atoms with Crippen LogP contribution in [0.4, 0.5) is 0 Å². The van der Waals surface area contributed by atoms with Gasteiger partial charge in [-0.25, -0.2) is 0 Å². The van der Waals surface area contributed by atoms with Crippen LogP contribution in [0.2, 0.25) is 0 Å². The minimum absolute atomic E-state index is 0.0281. The van der Waals surface area contributed by atoms with E-state index in [0.29, 0.717) is 12.3 Å². The van der Waals surface area contributed by atoms with Crippen molar-refractivity contribution in [3.63, 3.8) is 0 Å². The van der Waals surface area contributed by atoms with Gasteiger partial charge in [0.2, 0.25) is 5.91 Å². The highest BCUT2D eigenvalue weighted by Crippen LogP contribution is 2.25. The first-order chi connectivity index (χ1) is 8.99. The molecule has 0 aromatic heterocycles. The van der Waals surface area contributed by atoms with Gasteiger partial charge in [-0.3, -0.25) is 14.3 Å². The highest BCUT2D eigenvalue weighted by atomic mass is 32.2. The zero-order chi connectivity index (χ0) is 14.0. The molecule has 1 aromatic rings. The van der Waals surface area contributed by atoms with Crippen LogP contribution in [0.3, 0.4) is 0 Å². The van der Waals surface area contributed by atoms with Gasteiger partial charge >= 0.3 is 0 Å². The molecular weight excluding hydrogens is 260 g/mol. The lowest BCUT2D eigenvalue weighted by molar-refractivity contribution is -0.129. The van der Waals surface area contributed by atoms with Gasteiger partial charge in [0.05, 0.1) is 6.54 Å². The molecule has 0 radical (unpaired) electrons. The van der Waals surface area contributed by atoms with E-state index in [9.17, 15) is 9.00 Å². The monoisotopic (exact) mass is 280 g/mol. The van der Waals surface area contributed by atoms with Crippen molar-refractivity contribution in [1.82, 2.24) is 10.2 Å². The molecule has 19 heavy (non-hydrogen) atoms. The van der Waals surface area contributed by atoms with E-state index < -0.39 is 10.8 Å². The van der Waals surface area contributed by atoms with Crippen molar-refractivity contribution in [3.8, 4) is 0 Å². The zero-order valence-electron chi connectivity index (χ0n) is 11.6. The van der Waals surface area contributed by atoms with E-state index in [0.717, 1.165) is 5.56 Å². The summed E-state index contributed by atoms with van der Waals surface area (Å²) in [5.74, 6) is 0.582. The molecule has 5 heteroatoms. The molecule has 1 fully saturated rings. The molecule has 1 saturated heterocycles. The van der Waals surface area contributed by atoms with Gasteiger partial charge < -0.3 is 4.90 Å². The SMILES string of the molecule is Cc1ccc(C2NCC(=O)N2C(C)CS(C)=O)cc1. The molecule has 1 amide bonds. The predicted octanol–water partition coefficient (Wildman–Crippen LogP) is 1.19. The van der Waals surface area contributed by atoms with Crippen molar-refractivity contribution in [2.75, 3.05) is 18.6 Å². The average Bonchev–Trinajstić information content (AvgIpc) is 2.71. The van der Waals surface area contributed by atoms with E-state index in [2.05, 4.69) is 5.32 Å². The molecule has 3 unspecified atom stereocenters. The lowest BCUT2D eigenvalue weighted by Gasteiger charge is -2.30.